The Hall–Kier alpha value is -2.93. The quantitative estimate of drug-likeness (QED) is 0.873. The van der Waals surface area contributed by atoms with Crippen LogP contribution in [0.25, 0.3) is 0 Å². The third-order valence-electron chi connectivity index (χ3n) is 5.22. The topological polar surface area (TPSA) is 83.6 Å². The molecule has 2 aliphatic rings. The van der Waals surface area contributed by atoms with Crippen LogP contribution in [0, 0.1) is 6.92 Å². The van der Waals surface area contributed by atoms with Crippen LogP contribution in [0.3, 0.4) is 0 Å². The lowest BCUT2D eigenvalue weighted by atomic mass is 9.94. The number of benzene rings is 1. The van der Waals surface area contributed by atoms with Crippen LogP contribution in [-0.2, 0) is 4.74 Å². The number of aryl methyl sites for hydroxylation is 1. The van der Waals surface area contributed by atoms with Crippen LogP contribution in [0.2, 0.25) is 0 Å². The molecule has 3 heterocycles. The number of anilines is 2. The van der Waals surface area contributed by atoms with E-state index in [0.29, 0.717) is 23.6 Å². The number of nitrogens with zero attached hydrogens (tertiary/aromatic N) is 2. The summed E-state index contributed by atoms with van der Waals surface area (Å²) in [5.41, 5.74) is 3.19. The van der Waals surface area contributed by atoms with E-state index in [0.717, 1.165) is 24.0 Å². The van der Waals surface area contributed by atoms with E-state index < -0.39 is 0 Å². The number of amides is 3. The van der Waals surface area contributed by atoms with Gasteiger partial charge in [-0.25, -0.2) is 9.78 Å². The predicted molar refractivity (Wildman–Crippen MR) is 102 cm³/mol. The molecule has 2 atom stereocenters. The second-order valence-electron chi connectivity index (χ2n) is 6.96. The Labute approximate surface area is 157 Å². The summed E-state index contributed by atoms with van der Waals surface area (Å²) in [6.45, 7) is 2.60. The molecule has 0 saturated carbocycles. The van der Waals surface area contributed by atoms with Gasteiger partial charge in [0.1, 0.15) is 5.82 Å². The summed E-state index contributed by atoms with van der Waals surface area (Å²) in [6, 6.07) is 8.65. The molecule has 2 aliphatic heterocycles. The van der Waals surface area contributed by atoms with E-state index in [9.17, 15) is 9.59 Å². The largest absolute Gasteiger partial charge is 0.381 e. The highest BCUT2D eigenvalue weighted by Crippen LogP contribution is 2.44. The second kappa shape index (κ2) is 7.00. The summed E-state index contributed by atoms with van der Waals surface area (Å²) in [5.74, 6) is 0.504. The molecule has 1 saturated heterocycles. The van der Waals surface area contributed by atoms with Crippen molar-refractivity contribution in [2.45, 2.75) is 31.9 Å². The molecule has 1 aromatic heterocycles. The van der Waals surface area contributed by atoms with E-state index in [2.05, 4.69) is 15.6 Å². The molecular weight excluding hydrogens is 344 g/mol. The van der Waals surface area contributed by atoms with Crippen LogP contribution in [0.5, 0.6) is 0 Å². The summed E-state index contributed by atoms with van der Waals surface area (Å²) in [6.07, 6.45) is 3.32. The average Bonchev–Trinajstić information content (AvgIpc) is 2.94. The van der Waals surface area contributed by atoms with Crippen molar-refractivity contribution >= 4 is 23.4 Å². The van der Waals surface area contributed by atoms with Gasteiger partial charge < -0.3 is 15.0 Å². The van der Waals surface area contributed by atoms with Crippen LogP contribution in [-0.4, -0.2) is 41.6 Å². The number of ether oxygens (including phenoxy) is 1. The minimum absolute atomic E-state index is 0.0222. The molecule has 7 nitrogen and oxygen atoms in total. The molecular formula is C20H22N4O3. The summed E-state index contributed by atoms with van der Waals surface area (Å²) >= 11 is 0. The first-order valence-corrected chi connectivity index (χ1v) is 9.04. The number of nitrogens with one attached hydrogen (secondary N) is 2. The molecule has 0 bridgehead atoms. The van der Waals surface area contributed by atoms with Crippen molar-refractivity contribution in [3.05, 3.63) is 53.2 Å². The molecule has 1 fully saturated rings. The maximum atomic E-state index is 12.7. The van der Waals surface area contributed by atoms with Gasteiger partial charge in [0.15, 0.2) is 0 Å². The number of rotatable bonds is 3. The number of carbonyl (C=O) groups excluding carboxylic acids is 2. The van der Waals surface area contributed by atoms with Crippen molar-refractivity contribution in [2.75, 3.05) is 24.3 Å². The zero-order chi connectivity index (χ0) is 19.0. The summed E-state index contributed by atoms with van der Waals surface area (Å²) < 4.78 is 5.51. The van der Waals surface area contributed by atoms with Crippen LogP contribution in [0.15, 0.2) is 36.5 Å². The first-order chi connectivity index (χ1) is 13.1. The Morgan fingerprint density at radius 3 is 2.93 bits per heavy atom. The fourth-order valence-electron chi connectivity index (χ4n) is 3.91. The number of carbonyl (C=O) groups is 2. The third kappa shape index (κ3) is 3.26. The lowest BCUT2D eigenvalue weighted by molar-refractivity contribution is 0.0172. The van der Waals surface area contributed by atoms with Crippen LogP contribution in [0.4, 0.5) is 16.3 Å². The smallest absolute Gasteiger partial charge is 0.324 e. The maximum absolute atomic E-state index is 12.7. The Balaban J connectivity index is 1.58. The molecule has 2 unspecified atom stereocenters. The predicted octanol–water partition coefficient (Wildman–Crippen LogP) is 3.34. The SMILES string of the molecule is COC1CCN2C(=O)c3cccc(NC(=O)Nc4cc(C)ccn4)c3C2C1. The Morgan fingerprint density at radius 2 is 2.15 bits per heavy atom. The second-order valence-corrected chi connectivity index (χ2v) is 6.96. The monoisotopic (exact) mass is 366 g/mol. The fourth-order valence-corrected chi connectivity index (χ4v) is 3.91. The molecule has 0 aliphatic carbocycles. The average molecular weight is 366 g/mol. The van der Waals surface area contributed by atoms with Gasteiger partial charge >= 0.3 is 6.03 Å². The lowest BCUT2D eigenvalue weighted by Gasteiger charge is -2.34. The van der Waals surface area contributed by atoms with Crippen molar-refractivity contribution in [3.8, 4) is 0 Å². The molecule has 2 aromatic rings. The molecule has 0 radical (unpaired) electrons. The standard InChI is InChI=1S/C20H22N4O3/c1-12-6-8-21-17(10-12)23-20(26)22-15-5-3-4-14-18(15)16-11-13(27-2)7-9-24(16)19(14)25/h3-6,8,10,13,16H,7,9,11H2,1-2H3,(H2,21,22,23,26). The number of piperidine rings is 1. The van der Waals surface area contributed by atoms with Gasteiger partial charge in [-0.05, 0) is 49.6 Å². The minimum Gasteiger partial charge on any atom is -0.381 e. The van der Waals surface area contributed by atoms with Crippen molar-refractivity contribution in [1.29, 1.82) is 0 Å². The highest BCUT2D eigenvalue weighted by Gasteiger charge is 2.42. The van der Waals surface area contributed by atoms with E-state index in [4.69, 9.17) is 4.74 Å². The molecule has 3 amide bonds. The maximum Gasteiger partial charge on any atom is 0.324 e. The molecule has 1 aromatic carbocycles. The number of hydrogen-bond acceptors (Lipinski definition) is 4. The number of pyridine rings is 1. The highest BCUT2D eigenvalue weighted by molar-refractivity contribution is 6.05. The number of aromatic nitrogens is 1. The number of fused-ring (bicyclic) bond motifs is 3. The zero-order valence-electron chi connectivity index (χ0n) is 15.4. The lowest BCUT2D eigenvalue weighted by Crippen LogP contribution is -2.38. The van der Waals surface area contributed by atoms with E-state index in [-0.39, 0.29) is 24.1 Å². The molecule has 2 N–H and O–H groups in total. The van der Waals surface area contributed by atoms with Crippen molar-refractivity contribution < 1.29 is 14.3 Å². The molecule has 27 heavy (non-hydrogen) atoms. The van der Waals surface area contributed by atoms with Gasteiger partial charge in [-0.2, -0.15) is 0 Å². The summed E-state index contributed by atoms with van der Waals surface area (Å²) in [4.78, 5) is 31.2. The van der Waals surface area contributed by atoms with Gasteiger partial charge in [0.05, 0.1) is 12.1 Å². The zero-order valence-corrected chi connectivity index (χ0v) is 15.4. The first-order valence-electron chi connectivity index (χ1n) is 9.04. The van der Waals surface area contributed by atoms with Gasteiger partial charge in [0.25, 0.3) is 5.91 Å². The Bertz CT molecular complexity index is 899. The number of methoxy groups -OCH3 is 1. The van der Waals surface area contributed by atoms with Gasteiger partial charge in [0, 0.05) is 36.7 Å². The normalized spacial score (nSPS) is 20.8. The van der Waals surface area contributed by atoms with Crippen molar-refractivity contribution in [1.82, 2.24) is 9.88 Å². The van der Waals surface area contributed by atoms with Crippen LogP contribution < -0.4 is 10.6 Å². The van der Waals surface area contributed by atoms with Crippen LogP contribution >= 0.6 is 0 Å². The first kappa shape index (κ1) is 17.5. The molecule has 0 spiro atoms. The molecule has 140 valence electrons. The van der Waals surface area contributed by atoms with Gasteiger partial charge in [0.2, 0.25) is 0 Å². The number of hydrogen-bond donors (Lipinski definition) is 2. The molecule has 7 heteroatoms. The Morgan fingerprint density at radius 1 is 1.30 bits per heavy atom. The number of urea groups is 1. The summed E-state index contributed by atoms with van der Waals surface area (Å²) in [5, 5.41) is 5.63. The van der Waals surface area contributed by atoms with Gasteiger partial charge in [-0.1, -0.05) is 6.07 Å². The highest BCUT2D eigenvalue weighted by atomic mass is 16.5. The Kier molecular flexibility index (Phi) is 4.53. The van der Waals surface area contributed by atoms with Crippen LogP contribution in [0.1, 0.15) is 40.4 Å². The van der Waals surface area contributed by atoms with E-state index >= 15 is 0 Å². The summed E-state index contributed by atoms with van der Waals surface area (Å²) in [7, 11) is 1.70. The van der Waals surface area contributed by atoms with Crippen molar-refractivity contribution in [2.24, 2.45) is 0 Å². The van der Waals surface area contributed by atoms with E-state index in [1.807, 2.05) is 30.0 Å². The fraction of sp³-hybridized carbons (Fsp3) is 0.350. The van der Waals surface area contributed by atoms with Crippen molar-refractivity contribution in [3.63, 3.8) is 0 Å². The minimum atomic E-state index is -0.383. The van der Waals surface area contributed by atoms with Gasteiger partial charge in [-0.3, -0.25) is 10.1 Å². The third-order valence-corrected chi connectivity index (χ3v) is 5.22. The van der Waals surface area contributed by atoms with E-state index in [1.54, 1.807) is 25.4 Å². The van der Waals surface area contributed by atoms with E-state index in [1.165, 1.54) is 0 Å². The molecule has 4 rings (SSSR count). The van der Waals surface area contributed by atoms with Gasteiger partial charge in [-0.15, -0.1) is 0 Å².